The highest BCUT2D eigenvalue weighted by Crippen LogP contribution is 2.14. The van der Waals surface area contributed by atoms with E-state index in [-0.39, 0.29) is 6.10 Å². The largest absolute Gasteiger partial charge is 0.374 e. The molecule has 96 valence electrons. The molecule has 0 N–H and O–H groups in total. The first-order valence-corrected chi connectivity index (χ1v) is 7.42. The molecule has 0 radical (unpaired) electrons. The van der Waals surface area contributed by atoms with Gasteiger partial charge in [-0.2, -0.15) is 17.0 Å². The van der Waals surface area contributed by atoms with Crippen molar-refractivity contribution >= 4 is 21.8 Å². The summed E-state index contributed by atoms with van der Waals surface area (Å²) in [5.41, 5.74) is 0. The molecule has 16 heavy (non-hydrogen) atoms. The fourth-order valence-electron chi connectivity index (χ4n) is 1.71. The molecule has 0 spiro atoms. The van der Waals surface area contributed by atoms with Crippen LogP contribution in [-0.2, 0) is 14.9 Å². The molecule has 0 aromatic heterocycles. The van der Waals surface area contributed by atoms with E-state index in [9.17, 15) is 8.42 Å². The Morgan fingerprint density at radius 1 is 1.44 bits per heavy atom. The minimum atomic E-state index is -3.34. The second-order valence-corrected chi connectivity index (χ2v) is 5.83. The lowest BCUT2D eigenvalue weighted by molar-refractivity contribution is 0.0104. The molecule has 1 fully saturated rings. The first kappa shape index (κ1) is 14.2. The Bertz CT molecular complexity index is 306. The average molecular weight is 271 g/mol. The molecule has 0 aliphatic carbocycles. The maximum Gasteiger partial charge on any atom is 0.282 e. The van der Waals surface area contributed by atoms with Crippen LogP contribution < -0.4 is 0 Å². The number of nitrogens with zero attached hydrogens (tertiary/aromatic N) is 2. The highest BCUT2D eigenvalue weighted by Gasteiger charge is 2.32. The van der Waals surface area contributed by atoms with Gasteiger partial charge in [-0.3, -0.25) is 0 Å². The van der Waals surface area contributed by atoms with Gasteiger partial charge >= 0.3 is 0 Å². The van der Waals surface area contributed by atoms with Crippen molar-refractivity contribution < 1.29 is 13.2 Å². The first-order valence-electron chi connectivity index (χ1n) is 5.49. The van der Waals surface area contributed by atoms with Crippen LogP contribution in [0.2, 0.25) is 0 Å². The quantitative estimate of drug-likeness (QED) is 0.684. The second-order valence-electron chi connectivity index (χ2n) is 3.60. The first-order chi connectivity index (χ1) is 7.56. The molecule has 1 atom stereocenters. The summed E-state index contributed by atoms with van der Waals surface area (Å²) in [6.07, 6.45) is -0.194. The van der Waals surface area contributed by atoms with Crippen molar-refractivity contribution in [1.29, 1.82) is 0 Å². The highest BCUT2D eigenvalue weighted by molar-refractivity contribution is 7.86. The third-order valence-corrected chi connectivity index (χ3v) is 5.13. The molecular formula is C9H19ClN2O3S. The molecular weight excluding hydrogens is 252 g/mol. The standard InChI is InChI=1S/C9H19ClN2O3S/c1-3-11(4-2)16(13,14)12-5-6-15-9(7-10)8-12/h9H,3-8H2,1-2H3. The molecule has 0 amide bonds. The summed E-state index contributed by atoms with van der Waals surface area (Å²) in [7, 11) is -3.34. The molecule has 1 rings (SSSR count). The lowest BCUT2D eigenvalue weighted by Gasteiger charge is -2.34. The lowest BCUT2D eigenvalue weighted by atomic mass is 10.3. The molecule has 0 aromatic carbocycles. The fraction of sp³-hybridized carbons (Fsp3) is 1.00. The normalized spacial score (nSPS) is 23.9. The van der Waals surface area contributed by atoms with E-state index in [4.69, 9.17) is 16.3 Å². The van der Waals surface area contributed by atoms with Crippen LogP contribution in [0.4, 0.5) is 0 Å². The van der Waals surface area contributed by atoms with Crippen LogP contribution in [-0.4, -0.2) is 61.8 Å². The summed E-state index contributed by atoms with van der Waals surface area (Å²) in [4.78, 5) is 0. The zero-order chi connectivity index (χ0) is 12.2. The van der Waals surface area contributed by atoms with Gasteiger partial charge < -0.3 is 4.74 Å². The van der Waals surface area contributed by atoms with E-state index in [1.54, 1.807) is 0 Å². The van der Waals surface area contributed by atoms with Crippen molar-refractivity contribution in [3.05, 3.63) is 0 Å². The third kappa shape index (κ3) is 3.07. The summed E-state index contributed by atoms with van der Waals surface area (Å²) in [6.45, 7) is 5.82. The third-order valence-electron chi connectivity index (χ3n) is 2.63. The van der Waals surface area contributed by atoms with E-state index < -0.39 is 10.2 Å². The number of morpholine rings is 1. The minimum absolute atomic E-state index is 0.194. The second kappa shape index (κ2) is 6.16. The van der Waals surface area contributed by atoms with Gasteiger partial charge in [-0.05, 0) is 0 Å². The minimum Gasteiger partial charge on any atom is -0.374 e. The Kier molecular flexibility index (Phi) is 5.46. The SMILES string of the molecule is CCN(CC)S(=O)(=O)N1CCOC(CCl)C1. The summed E-state index contributed by atoms with van der Waals surface area (Å²) < 4.78 is 32.6. The highest BCUT2D eigenvalue weighted by atomic mass is 35.5. The summed E-state index contributed by atoms with van der Waals surface area (Å²) in [5.74, 6) is 0.324. The summed E-state index contributed by atoms with van der Waals surface area (Å²) >= 11 is 5.68. The van der Waals surface area contributed by atoms with Crippen molar-refractivity contribution in [2.24, 2.45) is 0 Å². The summed E-state index contributed by atoms with van der Waals surface area (Å²) in [6, 6.07) is 0. The lowest BCUT2D eigenvalue weighted by Crippen LogP contribution is -2.51. The van der Waals surface area contributed by atoms with Gasteiger partial charge in [0, 0.05) is 32.1 Å². The van der Waals surface area contributed by atoms with E-state index >= 15 is 0 Å². The Morgan fingerprint density at radius 2 is 2.06 bits per heavy atom. The van der Waals surface area contributed by atoms with E-state index in [2.05, 4.69) is 0 Å². The zero-order valence-corrected chi connectivity index (χ0v) is 11.3. The Morgan fingerprint density at radius 3 is 2.56 bits per heavy atom. The van der Waals surface area contributed by atoms with Crippen LogP contribution in [0.1, 0.15) is 13.8 Å². The Hall–Kier alpha value is 0.120. The van der Waals surface area contributed by atoms with Crippen molar-refractivity contribution in [2.75, 3.05) is 38.7 Å². The van der Waals surface area contributed by atoms with Crippen molar-refractivity contribution in [1.82, 2.24) is 8.61 Å². The van der Waals surface area contributed by atoms with Crippen LogP contribution in [0.15, 0.2) is 0 Å². The predicted octanol–water partition coefficient (Wildman–Crippen LogP) is 0.513. The zero-order valence-electron chi connectivity index (χ0n) is 9.73. The molecule has 0 saturated carbocycles. The monoisotopic (exact) mass is 270 g/mol. The maximum absolute atomic E-state index is 12.2. The number of hydrogen-bond acceptors (Lipinski definition) is 3. The molecule has 5 nitrogen and oxygen atoms in total. The van der Waals surface area contributed by atoms with E-state index in [1.807, 2.05) is 13.8 Å². The van der Waals surface area contributed by atoms with Crippen LogP contribution in [0.3, 0.4) is 0 Å². The van der Waals surface area contributed by atoms with Crippen LogP contribution in [0.25, 0.3) is 0 Å². The van der Waals surface area contributed by atoms with Gasteiger partial charge in [-0.25, -0.2) is 0 Å². The van der Waals surface area contributed by atoms with Gasteiger partial charge in [-0.15, -0.1) is 11.6 Å². The number of alkyl halides is 1. The molecule has 1 unspecified atom stereocenters. The van der Waals surface area contributed by atoms with Crippen molar-refractivity contribution in [2.45, 2.75) is 20.0 Å². The number of rotatable bonds is 5. The van der Waals surface area contributed by atoms with Gasteiger partial charge in [0.2, 0.25) is 0 Å². The van der Waals surface area contributed by atoms with Crippen molar-refractivity contribution in [3.8, 4) is 0 Å². The van der Waals surface area contributed by atoms with Crippen molar-refractivity contribution in [3.63, 3.8) is 0 Å². The van der Waals surface area contributed by atoms with E-state index in [1.165, 1.54) is 8.61 Å². The van der Waals surface area contributed by atoms with Gasteiger partial charge in [0.25, 0.3) is 10.2 Å². The van der Waals surface area contributed by atoms with Gasteiger partial charge in [-0.1, -0.05) is 13.8 Å². The van der Waals surface area contributed by atoms with Crippen LogP contribution >= 0.6 is 11.6 Å². The maximum atomic E-state index is 12.2. The molecule has 1 aliphatic heterocycles. The number of ether oxygens (including phenoxy) is 1. The number of hydrogen-bond donors (Lipinski definition) is 0. The smallest absolute Gasteiger partial charge is 0.282 e. The van der Waals surface area contributed by atoms with Crippen LogP contribution in [0, 0.1) is 0 Å². The molecule has 0 bridgehead atoms. The van der Waals surface area contributed by atoms with E-state index in [0.717, 1.165) is 0 Å². The Labute approximate surface area is 102 Å². The molecule has 1 heterocycles. The van der Waals surface area contributed by atoms with Gasteiger partial charge in [0.15, 0.2) is 0 Å². The molecule has 1 saturated heterocycles. The van der Waals surface area contributed by atoms with Crippen LogP contribution in [0.5, 0.6) is 0 Å². The van der Waals surface area contributed by atoms with E-state index in [0.29, 0.717) is 38.7 Å². The van der Waals surface area contributed by atoms with Gasteiger partial charge in [0.05, 0.1) is 12.7 Å². The molecule has 0 aromatic rings. The number of halogens is 1. The fourth-order valence-corrected chi connectivity index (χ4v) is 3.53. The summed E-state index contributed by atoms with van der Waals surface area (Å²) in [5, 5.41) is 0. The predicted molar refractivity (Wildman–Crippen MR) is 63.9 cm³/mol. The Balaban J connectivity index is 2.75. The topological polar surface area (TPSA) is 49.9 Å². The van der Waals surface area contributed by atoms with Gasteiger partial charge in [0.1, 0.15) is 0 Å². The molecule has 7 heteroatoms. The molecule has 1 aliphatic rings. The average Bonchev–Trinajstić information content (AvgIpc) is 2.30.